The van der Waals surface area contributed by atoms with Gasteiger partial charge in [-0.2, -0.15) is 18.4 Å². The van der Waals surface area contributed by atoms with Gasteiger partial charge in [0.05, 0.1) is 18.1 Å². The fourth-order valence-corrected chi connectivity index (χ4v) is 2.78. The van der Waals surface area contributed by atoms with E-state index < -0.39 is 34.8 Å². The summed E-state index contributed by atoms with van der Waals surface area (Å²) in [6.07, 6.45) is -4.12. The molecule has 0 spiro atoms. The van der Waals surface area contributed by atoms with Crippen molar-refractivity contribution in [3.63, 3.8) is 0 Å². The molecule has 0 fully saturated rings. The van der Waals surface area contributed by atoms with Crippen LogP contribution in [-0.2, 0) is 17.5 Å². The molecule has 1 aromatic heterocycles. The van der Waals surface area contributed by atoms with Gasteiger partial charge in [0.1, 0.15) is 11.6 Å². The number of carbonyl (C=O) groups is 1. The van der Waals surface area contributed by atoms with E-state index >= 15 is 0 Å². The average Bonchev–Trinajstić information content (AvgIpc) is 2.61. The van der Waals surface area contributed by atoms with E-state index in [2.05, 4.69) is 0 Å². The van der Waals surface area contributed by atoms with Crippen LogP contribution in [0.5, 0.6) is 0 Å². The second-order valence-corrected chi connectivity index (χ2v) is 6.64. The molecule has 28 heavy (non-hydrogen) atoms. The number of rotatable bonds is 5. The number of nitrogens with zero attached hydrogens (tertiary/aromatic N) is 3. The molecule has 0 saturated carbocycles. The Kier molecular flexibility index (Phi) is 6.52. The van der Waals surface area contributed by atoms with Crippen molar-refractivity contribution in [1.82, 2.24) is 4.57 Å². The van der Waals surface area contributed by atoms with Gasteiger partial charge in [-0.15, -0.1) is 0 Å². The fourth-order valence-electron chi connectivity index (χ4n) is 2.56. The Bertz CT molecular complexity index is 993. The van der Waals surface area contributed by atoms with E-state index in [0.717, 1.165) is 11.1 Å². The summed E-state index contributed by atoms with van der Waals surface area (Å²) in [5.74, 6) is -0.629. The van der Waals surface area contributed by atoms with Crippen LogP contribution in [0.15, 0.2) is 35.3 Å². The smallest absolute Gasteiger partial charge is 0.310 e. The number of hydrogen-bond acceptors (Lipinski definition) is 3. The SMILES string of the molecule is Cc1ccc(N(CCC#N)C(=O)Cn2cc(C(F)(F)F)cc(Cl)c2=O)cc1C. The lowest BCUT2D eigenvalue weighted by Crippen LogP contribution is -2.37. The van der Waals surface area contributed by atoms with Crippen LogP contribution in [0.4, 0.5) is 18.9 Å². The third kappa shape index (κ3) is 4.93. The number of pyridine rings is 1. The molecular weight excluding hydrogens is 395 g/mol. The van der Waals surface area contributed by atoms with Gasteiger partial charge in [-0.25, -0.2) is 0 Å². The highest BCUT2D eigenvalue weighted by Gasteiger charge is 2.32. The molecule has 0 atom stereocenters. The summed E-state index contributed by atoms with van der Waals surface area (Å²) in [5, 5.41) is 8.23. The van der Waals surface area contributed by atoms with E-state index in [-0.39, 0.29) is 13.0 Å². The third-order valence-corrected chi connectivity index (χ3v) is 4.50. The van der Waals surface area contributed by atoms with Crippen molar-refractivity contribution in [2.24, 2.45) is 0 Å². The predicted octanol–water partition coefficient (Wildman–Crippen LogP) is 4.08. The molecule has 148 valence electrons. The van der Waals surface area contributed by atoms with Crippen molar-refractivity contribution >= 4 is 23.2 Å². The molecule has 0 saturated heterocycles. The maximum Gasteiger partial charge on any atom is 0.417 e. The maximum atomic E-state index is 13.0. The van der Waals surface area contributed by atoms with Crippen LogP contribution in [0.1, 0.15) is 23.1 Å². The van der Waals surface area contributed by atoms with Gasteiger partial charge in [0.2, 0.25) is 5.91 Å². The standard InChI is InChI=1S/C19H17ClF3N3O2/c1-12-4-5-15(8-13(12)2)26(7-3-6-24)17(27)11-25-10-14(19(21,22)23)9-16(20)18(25)28/h4-5,8-10H,3,7,11H2,1-2H3. The van der Waals surface area contributed by atoms with Crippen LogP contribution in [0.25, 0.3) is 0 Å². The molecule has 1 heterocycles. The number of aromatic nitrogens is 1. The lowest BCUT2D eigenvalue weighted by Gasteiger charge is -2.23. The summed E-state index contributed by atoms with van der Waals surface area (Å²) in [6.45, 7) is 3.15. The minimum absolute atomic E-state index is 0.0247. The summed E-state index contributed by atoms with van der Waals surface area (Å²) in [6, 6.07) is 7.68. The van der Waals surface area contributed by atoms with Gasteiger partial charge in [0, 0.05) is 18.4 Å². The van der Waals surface area contributed by atoms with Crippen LogP contribution in [-0.4, -0.2) is 17.0 Å². The van der Waals surface area contributed by atoms with Gasteiger partial charge in [-0.05, 0) is 43.2 Å². The maximum absolute atomic E-state index is 13.0. The Hall–Kier alpha value is -2.79. The molecule has 1 aromatic carbocycles. The Morgan fingerprint density at radius 3 is 2.50 bits per heavy atom. The number of nitriles is 1. The Morgan fingerprint density at radius 1 is 1.25 bits per heavy atom. The average molecular weight is 412 g/mol. The van der Waals surface area contributed by atoms with Crippen molar-refractivity contribution in [3.05, 3.63) is 62.5 Å². The summed E-state index contributed by atoms with van der Waals surface area (Å²) in [5.41, 5.74) is 0.376. The van der Waals surface area contributed by atoms with Crippen LogP contribution in [0.3, 0.4) is 0 Å². The molecule has 2 aromatic rings. The minimum atomic E-state index is -4.71. The van der Waals surface area contributed by atoms with Crippen LogP contribution >= 0.6 is 11.6 Å². The number of anilines is 1. The van der Waals surface area contributed by atoms with Crippen molar-refractivity contribution in [1.29, 1.82) is 5.26 Å². The highest BCUT2D eigenvalue weighted by Crippen LogP contribution is 2.29. The Balaban J connectivity index is 2.41. The first-order chi connectivity index (χ1) is 13.0. The van der Waals surface area contributed by atoms with E-state index in [1.54, 1.807) is 18.2 Å². The molecule has 1 amide bonds. The fraction of sp³-hybridized carbons (Fsp3) is 0.316. The topological polar surface area (TPSA) is 66.1 Å². The number of amides is 1. The molecule has 9 heteroatoms. The van der Waals surface area contributed by atoms with Crippen molar-refractivity contribution in [2.45, 2.75) is 33.0 Å². The van der Waals surface area contributed by atoms with Crippen molar-refractivity contribution < 1.29 is 18.0 Å². The molecule has 0 N–H and O–H groups in total. The zero-order valence-corrected chi connectivity index (χ0v) is 15.9. The molecule has 0 aliphatic carbocycles. The normalized spacial score (nSPS) is 11.2. The van der Waals surface area contributed by atoms with Crippen LogP contribution in [0.2, 0.25) is 5.02 Å². The number of benzene rings is 1. The molecule has 0 radical (unpaired) electrons. The molecule has 0 aliphatic heterocycles. The quantitative estimate of drug-likeness (QED) is 0.744. The number of aryl methyl sites for hydroxylation is 2. The largest absolute Gasteiger partial charge is 0.417 e. The second-order valence-electron chi connectivity index (χ2n) is 6.23. The van der Waals surface area contributed by atoms with E-state index in [4.69, 9.17) is 16.9 Å². The van der Waals surface area contributed by atoms with Gasteiger partial charge in [-0.1, -0.05) is 17.7 Å². The summed E-state index contributed by atoms with van der Waals surface area (Å²) < 4.78 is 39.6. The summed E-state index contributed by atoms with van der Waals surface area (Å²) >= 11 is 5.63. The molecule has 0 aliphatic rings. The van der Waals surface area contributed by atoms with Crippen LogP contribution in [0, 0.1) is 25.2 Å². The van der Waals surface area contributed by atoms with Crippen molar-refractivity contribution in [3.8, 4) is 6.07 Å². The minimum Gasteiger partial charge on any atom is -0.310 e. The highest BCUT2D eigenvalue weighted by atomic mass is 35.5. The Morgan fingerprint density at radius 2 is 1.93 bits per heavy atom. The molecule has 2 rings (SSSR count). The van der Waals surface area contributed by atoms with E-state index in [1.807, 2.05) is 19.9 Å². The first kappa shape index (κ1) is 21.5. The van der Waals surface area contributed by atoms with E-state index in [9.17, 15) is 22.8 Å². The van der Waals surface area contributed by atoms with E-state index in [1.165, 1.54) is 4.90 Å². The predicted molar refractivity (Wildman–Crippen MR) is 99.2 cm³/mol. The number of alkyl halides is 3. The first-order valence-corrected chi connectivity index (χ1v) is 8.64. The highest BCUT2D eigenvalue weighted by molar-refractivity contribution is 6.30. The number of carbonyl (C=O) groups excluding carboxylic acids is 1. The molecule has 0 bridgehead atoms. The summed E-state index contributed by atoms with van der Waals surface area (Å²) in [7, 11) is 0. The monoisotopic (exact) mass is 411 g/mol. The summed E-state index contributed by atoms with van der Waals surface area (Å²) in [4.78, 5) is 26.1. The van der Waals surface area contributed by atoms with Crippen LogP contribution < -0.4 is 10.5 Å². The lowest BCUT2D eigenvalue weighted by molar-refractivity contribution is -0.138. The van der Waals surface area contributed by atoms with Gasteiger partial charge in [0.15, 0.2) is 0 Å². The third-order valence-electron chi connectivity index (χ3n) is 4.23. The zero-order chi connectivity index (χ0) is 21.1. The lowest BCUT2D eigenvalue weighted by atomic mass is 10.1. The second kappa shape index (κ2) is 8.48. The van der Waals surface area contributed by atoms with E-state index in [0.29, 0.717) is 22.5 Å². The van der Waals surface area contributed by atoms with Gasteiger partial charge in [-0.3, -0.25) is 9.59 Å². The number of hydrogen-bond donors (Lipinski definition) is 0. The van der Waals surface area contributed by atoms with Gasteiger partial charge in [0.25, 0.3) is 5.56 Å². The molecule has 0 unspecified atom stereocenters. The Labute approximate surface area is 164 Å². The number of halogens is 4. The van der Waals surface area contributed by atoms with Gasteiger partial charge < -0.3 is 9.47 Å². The molecular formula is C19H17ClF3N3O2. The van der Waals surface area contributed by atoms with Gasteiger partial charge >= 0.3 is 6.18 Å². The molecule has 5 nitrogen and oxygen atoms in total. The first-order valence-electron chi connectivity index (χ1n) is 8.26. The van der Waals surface area contributed by atoms with Crippen molar-refractivity contribution in [2.75, 3.05) is 11.4 Å². The zero-order valence-electron chi connectivity index (χ0n) is 15.2.